The standard InChI is InChI=1S/C13H13BrClN3O2S/c1-17-21(19,20)13-7-9(16)3-5-11(13)18-12-6-8(15)2-4-10(12)14/h2-7,17-18H,16H2,1H3. The Hall–Kier alpha value is -1.28. The molecular weight excluding hydrogens is 378 g/mol. The van der Waals surface area contributed by atoms with Crippen LogP contribution in [0, 0.1) is 0 Å². The summed E-state index contributed by atoms with van der Waals surface area (Å²) in [5.74, 6) is 0. The van der Waals surface area contributed by atoms with E-state index in [2.05, 4.69) is 26.0 Å². The van der Waals surface area contributed by atoms with Gasteiger partial charge < -0.3 is 11.1 Å². The first kappa shape index (κ1) is 16.1. The molecule has 5 nitrogen and oxygen atoms in total. The van der Waals surface area contributed by atoms with Crippen LogP contribution < -0.4 is 15.8 Å². The van der Waals surface area contributed by atoms with E-state index in [0.29, 0.717) is 22.1 Å². The zero-order valence-corrected chi connectivity index (χ0v) is 14.2. The van der Waals surface area contributed by atoms with E-state index >= 15 is 0 Å². The van der Waals surface area contributed by atoms with Crippen molar-refractivity contribution in [3.8, 4) is 0 Å². The highest BCUT2D eigenvalue weighted by Gasteiger charge is 2.17. The van der Waals surface area contributed by atoms with Crippen LogP contribution in [0.5, 0.6) is 0 Å². The van der Waals surface area contributed by atoms with Gasteiger partial charge in [-0.2, -0.15) is 0 Å². The number of nitrogen functional groups attached to an aromatic ring is 1. The average Bonchev–Trinajstić information content (AvgIpc) is 2.44. The van der Waals surface area contributed by atoms with Crippen LogP contribution in [0.25, 0.3) is 0 Å². The number of rotatable bonds is 4. The Bertz CT molecular complexity index is 781. The maximum absolute atomic E-state index is 12.1. The minimum atomic E-state index is -3.64. The van der Waals surface area contributed by atoms with Gasteiger partial charge in [-0.25, -0.2) is 13.1 Å². The molecule has 0 spiro atoms. The van der Waals surface area contributed by atoms with Crippen molar-refractivity contribution >= 4 is 54.6 Å². The molecule has 0 heterocycles. The van der Waals surface area contributed by atoms with E-state index in [1.54, 1.807) is 30.3 Å². The lowest BCUT2D eigenvalue weighted by Crippen LogP contribution is -2.20. The Morgan fingerprint density at radius 2 is 1.86 bits per heavy atom. The summed E-state index contributed by atoms with van der Waals surface area (Å²) in [5, 5.41) is 3.58. The van der Waals surface area contributed by atoms with E-state index in [1.165, 1.54) is 13.1 Å². The van der Waals surface area contributed by atoms with Gasteiger partial charge in [-0.3, -0.25) is 0 Å². The number of halogens is 2. The fraction of sp³-hybridized carbons (Fsp3) is 0.0769. The molecule has 21 heavy (non-hydrogen) atoms. The first-order valence-corrected chi connectivity index (χ1v) is 8.54. The van der Waals surface area contributed by atoms with Crippen molar-refractivity contribution in [2.75, 3.05) is 18.1 Å². The first-order valence-electron chi connectivity index (χ1n) is 5.88. The second-order valence-corrected chi connectivity index (χ2v) is 7.36. The van der Waals surface area contributed by atoms with Gasteiger partial charge in [0.1, 0.15) is 4.90 Å². The van der Waals surface area contributed by atoms with Gasteiger partial charge in [-0.1, -0.05) is 11.6 Å². The lowest BCUT2D eigenvalue weighted by molar-refractivity contribution is 0.588. The third kappa shape index (κ3) is 3.68. The molecule has 0 saturated heterocycles. The summed E-state index contributed by atoms with van der Waals surface area (Å²) in [4.78, 5) is 0.0666. The number of hydrogen-bond acceptors (Lipinski definition) is 4. The fourth-order valence-corrected chi connectivity index (χ4v) is 3.15. The lowest BCUT2D eigenvalue weighted by Gasteiger charge is -2.14. The maximum Gasteiger partial charge on any atom is 0.242 e. The van der Waals surface area contributed by atoms with E-state index in [0.717, 1.165) is 4.47 Å². The molecule has 8 heteroatoms. The Kier molecular flexibility index (Phi) is 4.77. The van der Waals surface area contributed by atoms with Crippen LogP contribution >= 0.6 is 27.5 Å². The number of benzene rings is 2. The Morgan fingerprint density at radius 3 is 2.52 bits per heavy atom. The Morgan fingerprint density at radius 1 is 1.14 bits per heavy atom. The molecule has 0 aliphatic carbocycles. The van der Waals surface area contributed by atoms with E-state index in [1.807, 2.05) is 0 Å². The van der Waals surface area contributed by atoms with E-state index in [9.17, 15) is 8.42 Å². The molecule has 0 aliphatic rings. The van der Waals surface area contributed by atoms with Gasteiger partial charge in [0.15, 0.2) is 0 Å². The van der Waals surface area contributed by atoms with E-state index < -0.39 is 10.0 Å². The smallest absolute Gasteiger partial charge is 0.242 e. The van der Waals surface area contributed by atoms with Crippen molar-refractivity contribution in [2.45, 2.75) is 4.90 Å². The van der Waals surface area contributed by atoms with Gasteiger partial charge in [0.2, 0.25) is 10.0 Å². The third-order valence-electron chi connectivity index (χ3n) is 2.76. The minimum Gasteiger partial charge on any atom is -0.399 e. The van der Waals surface area contributed by atoms with Crippen molar-refractivity contribution < 1.29 is 8.42 Å². The molecule has 0 aliphatic heterocycles. The normalized spacial score (nSPS) is 11.4. The van der Waals surface area contributed by atoms with Gasteiger partial charge in [0.25, 0.3) is 0 Å². The highest BCUT2D eigenvalue weighted by Crippen LogP contribution is 2.32. The van der Waals surface area contributed by atoms with Crippen LogP contribution in [-0.2, 0) is 10.0 Å². The molecule has 0 radical (unpaired) electrons. The zero-order valence-electron chi connectivity index (χ0n) is 11.0. The molecule has 0 amide bonds. The fourth-order valence-electron chi connectivity index (χ4n) is 1.71. The molecule has 0 aromatic heterocycles. The minimum absolute atomic E-state index is 0.0666. The van der Waals surface area contributed by atoms with Crippen LogP contribution in [0.2, 0.25) is 5.02 Å². The van der Waals surface area contributed by atoms with Crippen LogP contribution in [0.1, 0.15) is 0 Å². The number of anilines is 3. The molecule has 2 rings (SSSR count). The summed E-state index contributed by atoms with van der Waals surface area (Å²) in [6, 6.07) is 9.81. The molecular formula is C13H13BrClN3O2S. The van der Waals surface area contributed by atoms with Crippen molar-refractivity contribution in [3.63, 3.8) is 0 Å². The van der Waals surface area contributed by atoms with Gasteiger partial charge in [-0.05, 0) is 59.4 Å². The summed E-state index contributed by atoms with van der Waals surface area (Å²) >= 11 is 9.34. The molecule has 112 valence electrons. The number of nitrogens with two attached hydrogens (primary N) is 1. The molecule has 2 aromatic rings. The van der Waals surface area contributed by atoms with Crippen molar-refractivity contribution in [2.24, 2.45) is 0 Å². The van der Waals surface area contributed by atoms with Crippen LogP contribution in [0.15, 0.2) is 45.8 Å². The molecule has 0 atom stereocenters. The summed E-state index contributed by atoms with van der Waals surface area (Å²) in [5.41, 5.74) is 7.09. The number of hydrogen-bond donors (Lipinski definition) is 3. The second-order valence-electron chi connectivity index (χ2n) is 4.21. The summed E-state index contributed by atoms with van der Waals surface area (Å²) in [7, 11) is -2.29. The van der Waals surface area contributed by atoms with Crippen LogP contribution in [0.4, 0.5) is 17.1 Å². The van der Waals surface area contributed by atoms with Gasteiger partial charge >= 0.3 is 0 Å². The summed E-state index contributed by atoms with van der Waals surface area (Å²) < 4.78 is 27.2. The second kappa shape index (κ2) is 6.23. The van der Waals surface area contributed by atoms with Gasteiger partial charge in [0, 0.05) is 15.2 Å². The van der Waals surface area contributed by atoms with Crippen molar-refractivity contribution in [1.82, 2.24) is 4.72 Å². The predicted molar refractivity (Wildman–Crippen MR) is 89.5 cm³/mol. The van der Waals surface area contributed by atoms with Gasteiger partial charge in [0.05, 0.1) is 11.4 Å². The molecule has 0 bridgehead atoms. The molecule has 0 fully saturated rings. The molecule has 2 aromatic carbocycles. The topological polar surface area (TPSA) is 84.2 Å². The van der Waals surface area contributed by atoms with Gasteiger partial charge in [-0.15, -0.1) is 0 Å². The van der Waals surface area contributed by atoms with Crippen molar-refractivity contribution in [1.29, 1.82) is 0 Å². The third-order valence-corrected chi connectivity index (χ3v) is 5.14. The lowest BCUT2D eigenvalue weighted by atomic mass is 10.2. The summed E-state index contributed by atoms with van der Waals surface area (Å²) in [6.45, 7) is 0. The monoisotopic (exact) mass is 389 g/mol. The first-order chi connectivity index (χ1) is 9.83. The molecule has 0 saturated carbocycles. The van der Waals surface area contributed by atoms with Crippen molar-refractivity contribution in [3.05, 3.63) is 45.9 Å². The molecule has 0 unspecified atom stereocenters. The predicted octanol–water partition coefficient (Wildman–Crippen LogP) is 3.34. The largest absolute Gasteiger partial charge is 0.399 e. The Labute approximate surface area is 136 Å². The summed E-state index contributed by atoms with van der Waals surface area (Å²) in [6.07, 6.45) is 0. The molecule has 4 N–H and O–H groups in total. The Balaban J connectivity index is 2.52. The average molecular weight is 391 g/mol. The van der Waals surface area contributed by atoms with E-state index in [-0.39, 0.29) is 4.90 Å². The van der Waals surface area contributed by atoms with Crippen LogP contribution in [-0.4, -0.2) is 15.5 Å². The SMILES string of the molecule is CNS(=O)(=O)c1cc(N)ccc1Nc1cc(Cl)ccc1Br. The van der Waals surface area contributed by atoms with E-state index in [4.69, 9.17) is 17.3 Å². The zero-order chi connectivity index (χ0) is 15.6. The number of sulfonamides is 1. The maximum atomic E-state index is 12.1. The van der Waals surface area contributed by atoms with Crippen LogP contribution in [0.3, 0.4) is 0 Å². The highest BCUT2D eigenvalue weighted by atomic mass is 79.9. The quantitative estimate of drug-likeness (QED) is 0.699. The highest BCUT2D eigenvalue weighted by molar-refractivity contribution is 9.10. The number of nitrogens with one attached hydrogen (secondary N) is 2.